The third-order valence-electron chi connectivity index (χ3n) is 7.59. The maximum Gasteiger partial charge on any atom is 0.211 e. The van der Waals surface area contributed by atoms with Crippen LogP contribution in [0.5, 0.6) is 0 Å². The van der Waals surface area contributed by atoms with Crippen molar-refractivity contribution in [2.75, 3.05) is 0 Å². The van der Waals surface area contributed by atoms with Gasteiger partial charge < -0.3 is 4.52 Å². The Labute approximate surface area is 194 Å². The Bertz CT molecular complexity index is 1470. The van der Waals surface area contributed by atoms with Gasteiger partial charge in [0.05, 0.1) is 27.8 Å². The molecule has 0 saturated heterocycles. The molecule has 2 aliphatic rings. The van der Waals surface area contributed by atoms with Crippen LogP contribution in [0, 0.1) is 5.92 Å². The van der Waals surface area contributed by atoms with Crippen molar-refractivity contribution in [3.8, 4) is 16.5 Å². The predicted octanol–water partition coefficient (Wildman–Crippen LogP) is 5.11. The Kier molecular flexibility index (Phi) is 3.94. The molecule has 5 aromatic rings. The van der Waals surface area contributed by atoms with Crippen molar-refractivity contribution in [1.82, 2.24) is 29.9 Å². The maximum atomic E-state index is 5.68. The third-order valence-corrected chi connectivity index (χ3v) is 8.60. The van der Waals surface area contributed by atoms with E-state index < -0.39 is 0 Å². The number of hydrogen-bond donors (Lipinski definition) is 0. The molecule has 7 rings (SSSR count). The Morgan fingerprint density at radius 1 is 1.21 bits per heavy atom. The van der Waals surface area contributed by atoms with Crippen molar-refractivity contribution in [2.24, 2.45) is 5.92 Å². The van der Waals surface area contributed by atoms with Gasteiger partial charge in [0.2, 0.25) is 5.13 Å². The van der Waals surface area contributed by atoms with Crippen LogP contribution >= 0.6 is 11.3 Å². The Hall–Kier alpha value is -3.39. The SMILES string of the molecule is C[C@H]1c2oncc2C[C@@]2(C)c3c(c(-c4ccncn4)nn3-c3nc4ccccc4s3)CC[C@H]12. The van der Waals surface area contributed by atoms with Gasteiger partial charge in [-0.3, -0.25) is 0 Å². The lowest BCUT2D eigenvalue weighted by Crippen LogP contribution is -2.45. The van der Waals surface area contributed by atoms with Crippen LogP contribution in [-0.2, 0) is 18.3 Å². The van der Waals surface area contributed by atoms with Crippen LogP contribution in [0.25, 0.3) is 26.7 Å². The van der Waals surface area contributed by atoms with E-state index in [2.05, 4.69) is 51.9 Å². The molecule has 0 amide bonds. The summed E-state index contributed by atoms with van der Waals surface area (Å²) < 4.78 is 8.95. The number of benzene rings is 1. The van der Waals surface area contributed by atoms with Gasteiger partial charge in [0.25, 0.3) is 0 Å². The summed E-state index contributed by atoms with van der Waals surface area (Å²) in [5, 5.41) is 10.2. The standard InChI is InChI=1S/C25H22N6OS/c1-14-17-8-7-16-21(19-9-10-26-13-27-19)30-31(24-29-18-5-3-4-6-20(18)33-24)23(16)25(17,2)11-15-12-28-32-22(14)15/h3-6,9-10,12-14,17H,7-8,11H2,1-2H3/t14-,17-,25-/m1/s1. The lowest BCUT2D eigenvalue weighted by atomic mass is 9.56. The fraction of sp³-hybridized carbons (Fsp3) is 0.320. The minimum absolute atomic E-state index is 0.109. The molecule has 2 aliphatic carbocycles. The fourth-order valence-electron chi connectivity index (χ4n) is 6.17. The second kappa shape index (κ2) is 6.81. The molecule has 164 valence electrons. The first-order chi connectivity index (χ1) is 16.1. The molecule has 4 aromatic heterocycles. The number of fused-ring (bicyclic) bond motifs is 5. The van der Waals surface area contributed by atoms with E-state index in [4.69, 9.17) is 14.6 Å². The highest BCUT2D eigenvalue weighted by molar-refractivity contribution is 7.20. The highest BCUT2D eigenvalue weighted by atomic mass is 32.1. The summed E-state index contributed by atoms with van der Waals surface area (Å²) in [4.78, 5) is 13.6. The molecular formula is C25H22N6OS. The van der Waals surface area contributed by atoms with Crippen LogP contribution in [0.3, 0.4) is 0 Å². The Balaban J connectivity index is 1.50. The summed E-state index contributed by atoms with van der Waals surface area (Å²) in [6.45, 7) is 4.66. The molecule has 7 nitrogen and oxygen atoms in total. The number of aromatic nitrogens is 6. The van der Waals surface area contributed by atoms with E-state index in [0.29, 0.717) is 11.8 Å². The van der Waals surface area contributed by atoms with E-state index in [1.165, 1.54) is 16.8 Å². The highest BCUT2D eigenvalue weighted by Crippen LogP contribution is 2.55. The van der Waals surface area contributed by atoms with Crippen LogP contribution in [0.2, 0.25) is 0 Å². The molecule has 0 N–H and O–H groups in total. The van der Waals surface area contributed by atoms with Crippen molar-refractivity contribution in [3.63, 3.8) is 0 Å². The highest BCUT2D eigenvalue weighted by Gasteiger charge is 2.52. The quantitative estimate of drug-likeness (QED) is 0.369. The van der Waals surface area contributed by atoms with Crippen molar-refractivity contribution in [2.45, 2.75) is 44.4 Å². The van der Waals surface area contributed by atoms with Gasteiger partial charge in [-0.15, -0.1) is 0 Å². The average Bonchev–Trinajstić information content (AvgIpc) is 3.56. The van der Waals surface area contributed by atoms with Crippen molar-refractivity contribution < 1.29 is 4.52 Å². The van der Waals surface area contributed by atoms with E-state index >= 15 is 0 Å². The average molecular weight is 455 g/mol. The summed E-state index contributed by atoms with van der Waals surface area (Å²) in [7, 11) is 0. The van der Waals surface area contributed by atoms with E-state index in [1.807, 2.05) is 18.3 Å². The molecule has 0 radical (unpaired) electrons. The molecule has 0 spiro atoms. The van der Waals surface area contributed by atoms with Gasteiger partial charge in [-0.2, -0.15) is 5.10 Å². The number of hydrogen-bond acceptors (Lipinski definition) is 7. The number of thiazole rings is 1. The molecule has 1 aromatic carbocycles. The zero-order valence-electron chi connectivity index (χ0n) is 18.4. The largest absolute Gasteiger partial charge is 0.361 e. The summed E-state index contributed by atoms with van der Waals surface area (Å²) in [6, 6.07) is 10.2. The lowest BCUT2D eigenvalue weighted by Gasteiger charge is -2.47. The molecular weight excluding hydrogens is 432 g/mol. The predicted molar refractivity (Wildman–Crippen MR) is 126 cm³/mol. The minimum Gasteiger partial charge on any atom is -0.361 e. The zero-order valence-corrected chi connectivity index (χ0v) is 19.2. The van der Waals surface area contributed by atoms with Crippen LogP contribution in [0.15, 0.2) is 53.6 Å². The Morgan fingerprint density at radius 3 is 2.97 bits per heavy atom. The van der Waals surface area contributed by atoms with E-state index in [1.54, 1.807) is 23.9 Å². The number of rotatable bonds is 2. The first-order valence-electron chi connectivity index (χ1n) is 11.3. The number of para-hydroxylation sites is 1. The van der Waals surface area contributed by atoms with Crippen LogP contribution < -0.4 is 0 Å². The lowest BCUT2D eigenvalue weighted by molar-refractivity contribution is 0.170. The van der Waals surface area contributed by atoms with Crippen LogP contribution in [0.1, 0.15) is 48.8 Å². The molecule has 8 heteroatoms. The minimum atomic E-state index is -0.109. The maximum absolute atomic E-state index is 5.68. The summed E-state index contributed by atoms with van der Waals surface area (Å²) >= 11 is 1.68. The zero-order chi connectivity index (χ0) is 22.2. The molecule has 3 atom stereocenters. The summed E-state index contributed by atoms with van der Waals surface area (Å²) in [5.74, 6) is 1.78. The van der Waals surface area contributed by atoms with Gasteiger partial charge in [-0.25, -0.2) is 19.6 Å². The van der Waals surface area contributed by atoms with Gasteiger partial charge in [0, 0.05) is 28.7 Å². The molecule has 0 fully saturated rings. The molecule has 33 heavy (non-hydrogen) atoms. The number of nitrogens with zero attached hydrogens (tertiary/aromatic N) is 6. The van der Waals surface area contributed by atoms with E-state index in [9.17, 15) is 0 Å². The summed E-state index contributed by atoms with van der Waals surface area (Å²) in [6.07, 6.45) is 8.18. The molecule has 0 saturated carbocycles. The molecule has 0 aliphatic heterocycles. The first kappa shape index (κ1) is 19.1. The fourth-order valence-corrected chi connectivity index (χ4v) is 7.09. The van der Waals surface area contributed by atoms with Gasteiger partial charge in [-0.05, 0) is 43.4 Å². The monoisotopic (exact) mass is 454 g/mol. The van der Waals surface area contributed by atoms with Crippen molar-refractivity contribution >= 4 is 21.6 Å². The molecule has 4 heterocycles. The van der Waals surface area contributed by atoms with Gasteiger partial charge in [0.15, 0.2) is 0 Å². The summed E-state index contributed by atoms with van der Waals surface area (Å²) in [5.41, 5.74) is 6.43. The smallest absolute Gasteiger partial charge is 0.211 e. The molecule has 0 bridgehead atoms. The molecule has 0 unspecified atom stereocenters. The third kappa shape index (κ3) is 2.64. The van der Waals surface area contributed by atoms with Crippen molar-refractivity contribution in [3.05, 3.63) is 71.6 Å². The van der Waals surface area contributed by atoms with Crippen LogP contribution in [-0.4, -0.2) is 29.9 Å². The van der Waals surface area contributed by atoms with Gasteiger partial charge in [-0.1, -0.05) is 42.5 Å². The van der Waals surface area contributed by atoms with Crippen LogP contribution in [0.4, 0.5) is 0 Å². The van der Waals surface area contributed by atoms with E-state index in [-0.39, 0.29) is 5.41 Å². The van der Waals surface area contributed by atoms with Gasteiger partial charge >= 0.3 is 0 Å². The second-order valence-electron chi connectivity index (χ2n) is 9.39. The first-order valence-corrected chi connectivity index (χ1v) is 12.1. The second-order valence-corrected chi connectivity index (χ2v) is 10.4. The van der Waals surface area contributed by atoms with E-state index in [0.717, 1.165) is 51.8 Å². The van der Waals surface area contributed by atoms with Gasteiger partial charge in [0.1, 0.15) is 17.8 Å². The van der Waals surface area contributed by atoms with Crippen molar-refractivity contribution in [1.29, 1.82) is 0 Å². The normalized spacial score (nSPS) is 23.8. The topological polar surface area (TPSA) is 82.5 Å². The Morgan fingerprint density at radius 2 is 2.12 bits per heavy atom.